The lowest BCUT2D eigenvalue weighted by atomic mass is 10.00. The van der Waals surface area contributed by atoms with Crippen LogP contribution in [-0.4, -0.2) is 79.1 Å². The van der Waals surface area contributed by atoms with Crippen LogP contribution >= 0.6 is 0 Å². The van der Waals surface area contributed by atoms with Crippen molar-refractivity contribution in [2.75, 3.05) is 26.2 Å². The summed E-state index contributed by atoms with van der Waals surface area (Å²) in [6.45, 7) is 9.63. The van der Waals surface area contributed by atoms with Gasteiger partial charge in [0.25, 0.3) is 5.91 Å². The molecule has 2 fully saturated rings. The van der Waals surface area contributed by atoms with Crippen molar-refractivity contribution in [2.45, 2.75) is 70.7 Å². The minimum absolute atomic E-state index is 0.00222. The first-order valence-corrected chi connectivity index (χ1v) is 12.0. The van der Waals surface area contributed by atoms with Gasteiger partial charge in [0.05, 0.1) is 18.1 Å². The van der Waals surface area contributed by atoms with E-state index in [4.69, 9.17) is 14.0 Å². The average Bonchev–Trinajstić information content (AvgIpc) is 3.05. The fourth-order valence-electron chi connectivity index (χ4n) is 4.26. The molecule has 1 aromatic heterocycles. The van der Waals surface area contributed by atoms with E-state index in [9.17, 15) is 18.0 Å². The summed E-state index contributed by atoms with van der Waals surface area (Å²) in [5.41, 5.74) is 0.287. The maximum atomic E-state index is 13.1. The predicted molar refractivity (Wildman–Crippen MR) is 110 cm³/mol. The first kappa shape index (κ1) is 23.7. The van der Waals surface area contributed by atoms with Gasteiger partial charge in [-0.15, -0.1) is 0 Å². The molecule has 31 heavy (non-hydrogen) atoms. The molecule has 0 N–H and O–H groups in total. The molecule has 174 valence electrons. The number of nitrogens with zero attached hydrogens (tertiary/aromatic N) is 3. The monoisotopic (exact) mass is 457 g/mol. The van der Waals surface area contributed by atoms with E-state index >= 15 is 0 Å². The number of ether oxygens (including phenoxy) is 2. The highest BCUT2D eigenvalue weighted by Gasteiger charge is 2.38. The molecule has 1 amide bonds. The standard InChI is InChI=1S/C20H31N3O7S/c1-12-9-22(10-13(2)28-12)19(24)16(5)29-20(25)17-7-6-8-23(11-17)31(26,27)18-14(3)21-30-15(18)4/h12-13,16-17H,6-11H2,1-5H3. The molecule has 0 aromatic carbocycles. The highest BCUT2D eigenvalue weighted by molar-refractivity contribution is 7.89. The first-order valence-electron chi connectivity index (χ1n) is 10.6. The number of rotatable bonds is 5. The highest BCUT2D eigenvalue weighted by atomic mass is 32.2. The third-order valence-electron chi connectivity index (χ3n) is 5.66. The fourth-order valence-corrected chi connectivity index (χ4v) is 6.08. The minimum atomic E-state index is -3.84. The third kappa shape index (κ3) is 5.09. The molecule has 2 saturated heterocycles. The molecule has 2 aliphatic heterocycles. The molecule has 0 saturated carbocycles. The Bertz CT molecular complexity index is 900. The number of amides is 1. The topological polar surface area (TPSA) is 119 Å². The zero-order valence-electron chi connectivity index (χ0n) is 18.7. The van der Waals surface area contributed by atoms with Crippen LogP contribution in [0.25, 0.3) is 0 Å². The summed E-state index contributed by atoms with van der Waals surface area (Å²) in [6.07, 6.45) is -0.101. The van der Waals surface area contributed by atoms with Crippen molar-refractivity contribution in [3.05, 3.63) is 11.5 Å². The van der Waals surface area contributed by atoms with Gasteiger partial charge < -0.3 is 18.9 Å². The lowest BCUT2D eigenvalue weighted by Crippen LogP contribution is -2.52. The summed E-state index contributed by atoms with van der Waals surface area (Å²) in [5, 5.41) is 3.72. The molecule has 11 heteroatoms. The molecule has 0 radical (unpaired) electrons. The second-order valence-corrected chi connectivity index (χ2v) is 10.3. The molecule has 0 spiro atoms. The summed E-state index contributed by atoms with van der Waals surface area (Å²) >= 11 is 0. The number of sulfonamides is 1. The summed E-state index contributed by atoms with van der Waals surface area (Å²) in [4.78, 5) is 27.2. The van der Waals surface area contributed by atoms with E-state index in [2.05, 4.69) is 5.16 Å². The number of aryl methyl sites for hydroxylation is 2. The summed E-state index contributed by atoms with van der Waals surface area (Å²) < 4.78 is 43.5. The van der Waals surface area contributed by atoms with Crippen LogP contribution in [-0.2, 0) is 29.1 Å². The number of carbonyl (C=O) groups is 2. The van der Waals surface area contributed by atoms with Gasteiger partial charge in [0.2, 0.25) is 10.0 Å². The largest absolute Gasteiger partial charge is 0.452 e. The zero-order chi connectivity index (χ0) is 22.9. The van der Waals surface area contributed by atoms with E-state index in [-0.39, 0.29) is 41.0 Å². The van der Waals surface area contributed by atoms with Gasteiger partial charge in [-0.2, -0.15) is 4.31 Å². The predicted octanol–water partition coefficient (Wildman–Crippen LogP) is 1.26. The molecule has 3 rings (SSSR count). The van der Waals surface area contributed by atoms with Crippen LogP contribution in [0.3, 0.4) is 0 Å². The summed E-state index contributed by atoms with van der Waals surface area (Å²) in [6, 6.07) is 0. The van der Waals surface area contributed by atoms with E-state index in [0.29, 0.717) is 32.5 Å². The summed E-state index contributed by atoms with van der Waals surface area (Å²) in [7, 11) is -3.84. The molecule has 3 heterocycles. The molecule has 0 aliphatic carbocycles. The van der Waals surface area contributed by atoms with Crippen LogP contribution in [0.2, 0.25) is 0 Å². The minimum Gasteiger partial charge on any atom is -0.452 e. The molecule has 2 aliphatic rings. The molecule has 4 atom stereocenters. The Morgan fingerprint density at radius 2 is 1.81 bits per heavy atom. The van der Waals surface area contributed by atoms with Gasteiger partial charge in [-0.05, 0) is 47.5 Å². The lowest BCUT2D eigenvalue weighted by Gasteiger charge is -2.36. The Hall–Kier alpha value is -1.98. The molecule has 1 aromatic rings. The van der Waals surface area contributed by atoms with E-state index in [0.717, 1.165) is 0 Å². The molecular formula is C20H31N3O7S. The second kappa shape index (κ2) is 9.25. The second-order valence-electron chi connectivity index (χ2n) is 8.44. The van der Waals surface area contributed by atoms with E-state index in [1.165, 1.54) is 4.31 Å². The zero-order valence-corrected chi connectivity index (χ0v) is 19.5. The Kier molecular flexibility index (Phi) is 7.07. The maximum Gasteiger partial charge on any atom is 0.311 e. The van der Waals surface area contributed by atoms with Gasteiger partial charge in [0.1, 0.15) is 10.6 Å². The Labute approximate surface area is 182 Å². The van der Waals surface area contributed by atoms with Crippen molar-refractivity contribution in [1.29, 1.82) is 0 Å². The van der Waals surface area contributed by atoms with E-state index in [1.807, 2.05) is 13.8 Å². The van der Waals surface area contributed by atoms with Gasteiger partial charge in [-0.25, -0.2) is 8.42 Å². The normalized spacial score (nSPS) is 26.5. The number of hydrogen-bond acceptors (Lipinski definition) is 8. The van der Waals surface area contributed by atoms with Crippen molar-refractivity contribution in [3.63, 3.8) is 0 Å². The Balaban J connectivity index is 1.64. The lowest BCUT2D eigenvalue weighted by molar-refractivity contribution is -0.167. The van der Waals surface area contributed by atoms with Crippen LogP contribution < -0.4 is 0 Å². The molecule has 10 nitrogen and oxygen atoms in total. The number of morpholine rings is 1. The van der Waals surface area contributed by atoms with Crippen molar-refractivity contribution >= 4 is 21.9 Å². The molecule has 0 bridgehead atoms. The SMILES string of the molecule is Cc1noc(C)c1S(=O)(=O)N1CCCC(C(=O)OC(C)C(=O)N2CC(C)OC(C)C2)C1. The summed E-state index contributed by atoms with van der Waals surface area (Å²) in [5.74, 6) is -1.25. The van der Waals surface area contributed by atoms with Crippen LogP contribution in [0.4, 0.5) is 0 Å². The van der Waals surface area contributed by atoms with Crippen LogP contribution in [0.15, 0.2) is 9.42 Å². The molecular weight excluding hydrogens is 426 g/mol. The van der Waals surface area contributed by atoms with Crippen LogP contribution in [0.1, 0.15) is 45.1 Å². The molecule has 4 unspecified atom stereocenters. The number of piperidine rings is 1. The number of aromatic nitrogens is 1. The van der Waals surface area contributed by atoms with Gasteiger partial charge >= 0.3 is 5.97 Å². The van der Waals surface area contributed by atoms with Crippen molar-refractivity contribution < 1.29 is 32.0 Å². The van der Waals surface area contributed by atoms with Crippen LogP contribution in [0.5, 0.6) is 0 Å². The smallest absolute Gasteiger partial charge is 0.311 e. The maximum absolute atomic E-state index is 13.1. The number of carbonyl (C=O) groups excluding carboxylic acids is 2. The van der Waals surface area contributed by atoms with Crippen molar-refractivity contribution in [1.82, 2.24) is 14.4 Å². The van der Waals surface area contributed by atoms with Gasteiger partial charge in [-0.1, -0.05) is 5.16 Å². The first-order chi connectivity index (χ1) is 14.5. The van der Waals surface area contributed by atoms with Gasteiger partial charge in [-0.3, -0.25) is 9.59 Å². The Morgan fingerprint density at radius 3 is 2.39 bits per heavy atom. The van der Waals surface area contributed by atoms with Crippen molar-refractivity contribution in [3.8, 4) is 0 Å². The van der Waals surface area contributed by atoms with Crippen LogP contribution in [0, 0.1) is 19.8 Å². The van der Waals surface area contributed by atoms with Gasteiger partial charge in [0.15, 0.2) is 11.9 Å². The van der Waals surface area contributed by atoms with Crippen molar-refractivity contribution in [2.24, 2.45) is 5.92 Å². The number of esters is 1. The van der Waals surface area contributed by atoms with Gasteiger partial charge in [0, 0.05) is 26.2 Å². The fraction of sp³-hybridized carbons (Fsp3) is 0.750. The Morgan fingerprint density at radius 1 is 1.16 bits per heavy atom. The number of hydrogen-bond donors (Lipinski definition) is 0. The highest BCUT2D eigenvalue weighted by Crippen LogP contribution is 2.28. The van der Waals surface area contributed by atoms with E-state index < -0.39 is 28.0 Å². The van der Waals surface area contributed by atoms with E-state index in [1.54, 1.807) is 25.7 Å². The quantitative estimate of drug-likeness (QED) is 0.606. The average molecular weight is 458 g/mol. The third-order valence-corrected chi connectivity index (χ3v) is 7.77.